The van der Waals surface area contributed by atoms with E-state index in [0.29, 0.717) is 0 Å². The molecule has 0 N–H and O–H groups in total. The summed E-state index contributed by atoms with van der Waals surface area (Å²) in [4.78, 5) is 0. The molecule has 0 nitrogen and oxygen atoms in total. The van der Waals surface area contributed by atoms with Gasteiger partial charge in [-0.15, -0.1) is 6.58 Å². The van der Waals surface area contributed by atoms with Gasteiger partial charge in [0.1, 0.15) is 0 Å². The smallest absolute Gasteiger partial charge is 1.00 e. The van der Waals surface area contributed by atoms with Crippen molar-refractivity contribution in [2.75, 3.05) is 0 Å². The van der Waals surface area contributed by atoms with Crippen LogP contribution in [0.25, 0.3) is 0 Å². The first-order valence-corrected chi connectivity index (χ1v) is 0.986. The molecule has 0 bridgehead atoms. The first kappa shape index (κ1) is 16.6. The maximum absolute atomic E-state index is 3.36. The van der Waals surface area contributed by atoms with Crippen molar-refractivity contribution in [3.8, 4) is 0 Å². The molecule has 0 radical (unpaired) electrons. The summed E-state index contributed by atoms with van der Waals surface area (Å²) in [6.45, 7) is 5.25. The van der Waals surface area contributed by atoms with Crippen LogP contribution < -0.4 is 0 Å². The molecule has 5 heavy (non-hydrogen) atoms. The van der Waals surface area contributed by atoms with E-state index in [9.17, 15) is 0 Å². The second kappa shape index (κ2) is 19.8. The van der Waals surface area contributed by atoms with Crippen LogP contribution in [0, 0.1) is 0 Å². The van der Waals surface area contributed by atoms with Crippen molar-refractivity contribution in [1.29, 1.82) is 0 Å². The van der Waals surface area contributed by atoms with Crippen molar-refractivity contribution >= 4 is 40.4 Å². The third-order valence-corrected chi connectivity index (χ3v) is 0. The largest absolute Gasteiger partial charge is 2.00 e. The monoisotopic (exact) mass is 98.1 g/mol. The molecule has 0 rings (SSSR count). The zero-order valence-electron chi connectivity index (χ0n) is 4.99. The molecule has 0 aromatic rings. The Labute approximate surface area is 62.9 Å². The molecule has 0 aromatic heterocycles. The van der Waals surface area contributed by atoms with Crippen molar-refractivity contribution in [3.63, 3.8) is 0 Å². The van der Waals surface area contributed by atoms with Gasteiger partial charge in [-0.1, -0.05) is 6.08 Å². The van der Waals surface area contributed by atoms with Crippen LogP contribution >= 0.6 is 0 Å². The van der Waals surface area contributed by atoms with Gasteiger partial charge < -0.3 is 2.85 Å². The van der Waals surface area contributed by atoms with Gasteiger partial charge in [-0.05, 0) is 6.92 Å². The summed E-state index contributed by atoms with van der Waals surface area (Å²) in [5.74, 6) is 0. The SMILES string of the molecule is C=CC.[AlH3].[H-].[H-].[Mg+2]. The molecule has 0 heterocycles. The molecule has 28 valence electrons. The van der Waals surface area contributed by atoms with Gasteiger partial charge in [-0.25, -0.2) is 0 Å². The zero-order valence-corrected chi connectivity index (χ0v) is 4.41. The molecule has 0 fully saturated rings. The second-order valence-corrected chi connectivity index (χ2v) is 0.408. The van der Waals surface area contributed by atoms with Crippen molar-refractivity contribution in [3.05, 3.63) is 12.7 Å². The van der Waals surface area contributed by atoms with E-state index >= 15 is 0 Å². The third-order valence-electron chi connectivity index (χ3n) is 0. The number of allylic oxidation sites excluding steroid dienone is 1. The van der Waals surface area contributed by atoms with E-state index in [1.54, 1.807) is 6.08 Å². The maximum Gasteiger partial charge on any atom is 2.00 e. The minimum absolute atomic E-state index is 0. The molecular weight excluding hydrogens is 87.3 g/mol. The topological polar surface area (TPSA) is 0 Å². The fraction of sp³-hybridized carbons (Fsp3) is 0.333. The number of rotatable bonds is 0. The minimum Gasteiger partial charge on any atom is -1.00 e. The molecule has 0 aliphatic rings. The molecule has 0 atom stereocenters. The third kappa shape index (κ3) is 43.1. The first-order chi connectivity index (χ1) is 1.41. The fourth-order valence-corrected chi connectivity index (χ4v) is 0. The van der Waals surface area contributed by atoms with Crippen LogP contribution in [0.4, 0.5) is 0 Å². The average Bonchev–Trinajstić information content (AvgIpc) is 0.918. The van der Waals surface area contributed by atoms with E-state index in [4.69, 9.17) is 0 Å². The van der Waals surface area contributed by atoms with E-state index in [-0.39, 0.29) is 43.3 Å². The van der Waals surface area contributed by atoms with Crippen LogP contribution in [0.2, 0.25) is 0 Å². The average molecular weight is 98.4 g/mol. The predicted octanol–water partition coefficient (Wildman–Crippen LogP) is -0.147. The Bertz CT molecular complexity index is 20.4. The van der Waals surface area contributed by atoms with Crippen LogP contribution in [0.5, 0.6) is 0 Å². The van der Waals surface area contributed by atoms with E-state index in [1.807, 2.05) is 6.92 Å². The summed E-state index contributed by atoms with van der Waals surface area (Å²) >= 11 is 0. The van der Waals surface area contributed by atoms with Gasteiger partial charge in [-0.3, -0.25) is 0 Å². The van der Waals surface area contributed by atoms with E-state index in [1.165, 1.54) is 0 Å². The van der Waals surface area contributed by atoms with Crippen LogP contribution in [0.15, 0.2) is 12.7 Å². The molecule has 2 heteroatoms. The van der Waals surface area contributed by atoms with Gasteiger partial charge in [0.2, 0.25) is 0 Å². The molecule has 0 aromatic carbocycles. The predicted molar refractivity (Wildman–Crippen MR) is 33.8 cm³/mol. The molecule has 0 unspecified atom stereocenters. The number of hydrogen-bond donors (Lipinski definition) is 0. The quantitative estimate of drug-likeness (QED) is 0.292. The summed E-state index contributed by atoms with van der Waals surface area (Å²) in [5.41, 5.74) is 0. The Morgan fingerprint density at radius 1 is 1.80 bits per heavy atom. The van der Waals surface area contributed by atoms with E-state index < -0.39 is 0 Å². The van der Waals surface area contributed by atoms with E-state index in [0.717, 1.165) is 0 Å². The van der Waals surface area contributed by atoms with Gasteiger partial charge in [-0.2, -0.15) is 0 Å². The van der Waals surface area contributed by atoms with Gasteiger partial charge in [0, 0.05) is 0 Å². The normalized spacial score (nSPS) is 2.60. The molecule has 0 spiro atoms. The van der Waals surface area contributed by atoms with Gasteiger partial charge in [0.15, 0.2) is 17.4 Å². The molecule has 0 saturated carbocycles. The Balaban J connectivity index is -0.00000000333. The van der Waals surface area contributed by atoms with Crippen LogP contribution in [0.1, 0.15) is 9.78 Å². The Morgan fingerprint density at radius 3 is 1.80 bits per heavy atom. The zero-order chi connectivity index (χ0) is 2.71. The van der Waals surface area contributed by atoms with Gasteiger partial charge in [0.25, 0.3) is 0 Å². The van der Waals surface area contributed by atoms with Crippen molar-refractivity contribution < 1.29 is 2.85 Å². The molecule has 0 saturated heterocycles. The summed E-state index contributed by atoms with van der Waals surface area (Å²) in [6.07, 6.45) is 1.75. The van der Waals surface area contributed by atoms with Crippen molar-refractivity contribution in [2.45, 2.75) is 6.92 Å². The fourth-order valence-electron chi connectivity index (χ4n) is 0. The van der Waals surface area contributed by atoms with E-state index in [2.05, 4.69) is 6.58 Å². The molecule has 0 aliphatic heterocycles. The Morgan fingerprint density at radius 2 is 1.80 bits per heavy atom. The summed E-state index contributed by atoms with van der Waals surface area (Å²) < 4.78 is 0. The van der Waals surface area contributed by atoms with Crippen molar-refractivity contribution in [1.82, 2.24) is 0 Å². The molecule has 0 amide bonds. The second-order valence-electron chi connectivity index (χ2n) is 0.408. The van der Waals surface area contributed by atoms with Crippen LogP contribution in [-0.4, -0.2) is 40.4 Å². The molecule has 0 aliphatic carbocycles. The minimum atomic E-state index is 0. The number of hydrogen-bond acceptors (Lipinski definition) is 0. The van der Waals surface area contributed by atoms with Gasteiger partial charge >= 0.3 is 23.1 Å². The Kier molecular flexibility index (Phi) is 65.7. The summed E-state index contributed by atoms with van der Waals surface area (Å²) in [5, 5.41) is 0. The van der Waals surface area contributed by atoms with Crippen molar-refractivity contribution in [2.24, 2.45) is 0 Å². The summed E-state index contributed by atoms with van der Waals surface area (Å²) in [6, 6.07) is 0. The molecular formula is C3H11AlMg. The van der Waals surface area contributed by atoms with Gasteiger partial charge in [0.05, 0.1) is 0 Å². The standard InChI is InChI=1S/C3H6.Al.Mg.5H/c1-3-2;;;;;;;/h3H,1H2,2H3;;;;;;;/q;;+2;;;;2*-1. The Hall–Kier alpha value is 1.04. The summed E-state index contributed by atoms with van der Waals surface area (Å²) in [7, 11) is 0. The van der Waals surface area contributed by atoms with Crippen LogP contribution in [0.3, 0.4) is 0 Å². The first-order valence-electron chi connectivity index (χ1n) is 0.986. The van der Waals surface area contributed by atoms with Crippen LogP contribution in [-0.2, 0) is 0 Å². The maximum atomic E-state index is 3.36.